The molecule has 0 radical (unpaired) electrons. The van der Waals surface area contributed by atoms with E-state index in [1.165, 1.54) is 31.4 Å². The summed E-state index contributed by atoms with van der Waals surface area (Å²) in [5, 5.41) is 3.51. The summed E-state index contributed by atoms with van der Waals surface area (Å²) in [6.07, 6.45) is 8.32. The lowest BCUT2D eigenvalue weighted by Crippen LogP contribution is -2.39. The molecule has 0 amide bonds. The number of likely N-dealkylation sites (N-methyl/N-ethyl adjacent to an activating group) is 1. The molecule has 1 N–H and O–H groups in total. The van der Waals surface area contributed by atoms with Crippen LogP contribution in [0.3, 0.4) is 0 Å². The van der Waals surface area contributed by atoms with E-state index in [9.17, 15) is 0 Å². The van der Waals surface area contributed by atoms with E-state index in [-0.39, 0.29) is 0 Å². The molecule has 0 aromatic carbocycles. The molecule has 0 saturated heterocycles. The Labute approximate surface area is 125 Å². The van der Waals surface area contributed by atoms with Crippen molar-refractivity contribution >= 4 is 15.9 Å². The SMILES string of the molecule is CNC(Cc1ccc(Br)cn1)C1CCC(C)(C)CC1. The third-order valence-corrected chi connectivity index (χ3v) is 5.01. The molecule has 106 valence electrons. The number of halogens is 1. The normalized spacial score (nSPS) is 21.3. The van der Waals surface area contributed by atoms with Gasteiger partial charge < -0.3 is 5.32 Å². The minimum absolute atomic E-state index is 0.546. The molecule has 1 aliphatic rings. The van der Waals surface area contributed by atoms with Crippen LogP contribution in [0.4, 0.5) is 0 Å². The average molecular weight is 325 g/mol. The van der Waals surface area contributed by atoms with E-state index in [1.54, 1.807) is 0 Å². The van der Waals surface area contributed by atoms with Crippen molar-refractivity contribution in [2.24, 2.45) is 11.3 Å². The van der Waals surface area contributed by atoms with Gasteiger partial charge >= 0.3 is 0 Å². The summed E-state index contributed by atoms with van der Waals surface area (Å²) in [5.41, 5.74) is 1.73. The van der Waals surface area contributed by atoms with Gasteiger partial charge in [0, 0.05) is 28.8 Å². The molecular formula is C16H25BrN2. The van der Waals surface area contributed by atoms with Crippen LogP contribution in [0.2, 0.25) is 0 Å². The van der Waals surface area contributed by atoms with E-state index >= 15 is 0 Å². The Kier molecular flexibility index (Phi) is 5.02. The lowest BCUT2D eigenvalue weighted by atomic mass is 9.70. The molecule has 0 aliphatic heterocycles. The molecule has 1 fully saturated rings. The van der Waals surface area contributed by atoms with Gasteiger partial charge in [0.15, 0.2) is 0 Å². The number of nitrogens with zero attached hydrogens (tertiary/aromatic N) is 1. The van der Waals surface area contributed by atoms with Crippen molar-refractivity contribution in [2.75, 3.05) is 7.05 Å². The number of rotatable bonds is 4. The predicted molar refractivity (Wildman–Crippen MR) is 84.2 cm³/mol. The third kappa shape index (κ3) is 4.28. The second kappa shape index (κ2) is 6.36. The van der Waals surface area contributed by atoms with Gasteiger partial charge in [-0.1, -0.05) is 13.8 Å². The van der Waals surface area contributed by atoms with E-state index in [4.69, 9.17) is 0 Å². The lowest BCUT2D eigenvalue weighted by molar-refractivity contribution is 0.163. The van der Waals surface area contributed by atoms with Gasteiger partial charge in [0.25, 0.3) is 0 Å². The van der Waals surface area contributed by atoms with Crippen LogP contribution in [0, 0.1) is 11.3 Å². The molecule has 1 atom stereocenters. The number of hydrogen-bond donors (Lipinski definition) is 1. The molecule has 1 aromatic heterocycles. The molecule has 1 unspecified atom stereocenters. The van der Waals surface area contributed by atoms with Crippen LogP contribution in [0.15, 0.2) is 22.8 Å². The number of aromatic nitrogens is 1. The Morgan fingerprint density at radius 2 is 2.05 bits per heavy atom. The van der Waals surface area contributed by atoms with Gasteiger partial charge in [0.05, 0.1) is 0 Å². The molecule has 3 heteroatoms. The lowest BCUT2D eigenvalue weighted by Gasteiger charge is -2.38. The van der Waals surface area contributed by atoms with Gasteiger partial charge in [-0.15, -0.1) is 0 Å². The Bertz CT molecular complexity index is 390. The second-order valence-corrected chi connectivity index (χ2v) is 7.48. The molecule has 2 rings (SSSR count). The van der Waals surface area contributed by atoms with E-state index in [0.29, 0.717) is 11.5 Å². The van der Waals surface area contributed by atoms with Crippen molar-refractivity contribution in [3.63, 3.8) is 0 Å². The van der Waals surface area contributed by atoms with Gasteiger partial charge in [-0.2, -0.15) is 0 Å². The standard InChI is InChI=1S/C16H25BrN2/c1-16(2)8-6-12(7-9-16)15(18-3)10-14-5-4-13(17)11-19-14/h4-5,11-12,15,18H,6-10H2,1-3H3. The first-order valence-electron chi connectivity index (χ1n) is 7.28. The van der Waals surface area contributed by atoms with Gasteiger partial charge in [-0.05, 0) is 72.1 Å². The molecule has 1 aliphatic carbocycles. The minimum atomic E-state index is 0.546. The number of pyridine rings is 1. The van der Waals surface area contributed by atoms with Crippen LogP contribution in [-0.2, 0) is 6.42 Å². The van der Waals surface area contributed by atoms with Gasteiger partial charge in [-0.25, -0.2) is 0 Å². The number of nitrogens with one attached hydrogen (secondary N) is 1. The largest absolute Gasteiger partial charge is 0.316 e. The van der Waals surface area contributed by atoms with Crippen LogP contribution >= 0.6 is 15.9 Å². The average Bonchev–Trinajstić information content (AvgIpc) is 2.39. The smallest absolute Gasteiger partial charge is 0.0420 e. The summed E-state index contributed by atoms with van der Waals surface area (Å²) in [5.74, 6) is 0.795. The highest BCUT2D eigenvalue weighted by Crippen LogP contribution is 2.39. The van der Waals surface area contributed by atoms with E-state index in [1.807, 2.05) is 6.20 Å². The molecule has 1 aromatic rings. The molecular weight excluding hydrogens is 300 g/mol. The van der Waals surface area contributed by atoms with Crippen molar-refractivity contribution in [1.29, 1.82) is 0 Å². The van der Waals surface area contributed by atoms with Crippen LogP contribution in [0.1, 0.15) is 45.2 Å². The Morgan fingerprint density at radius 1 is 1.37 bits per heavy atom. The summed E-state index contributed by atoms with van der Waals surface area (Å²) < 4.78 is 1.05. The topological polar surface area (TPSA) is 24.9 Å². The van der Waals surface area contributed by atoms with E-state index in [0.717, 1.165) is 16.8 Å². The van der Waals surface area contributed by atoms with Crippen molar-refractivity contribution in [1.82, 2.24) is 10.3 Å². The maximum atomic E-state index is 4.50. The maximum absolute atomic E-state index is 4.50. The van der Waals surface area contributed by atoms with E-state index < -0.39 is 0 Å². The predicted octanol–water partition coefficient (Wildman–Crippen LogP) is 4.19. The monoisotopic (exact) mass is 324 g/mol. The minimum Gasteiger partial charge on any atom is -0.316 e. The zero-order valence-corrected chi connectivity index (χ0v) is 13.8. The molecule has 0 bridgehead atoms. The molecule has 19 heavy (non-hydrogen) atoms. The molecule has 1 heterocycles. The zero-order chi connectivity index (χ0) is 13.9. The first-order chi connectivity index (χ1) is 9.00. The van der Waals surface area contributed by atoms with Gasteiger partial charge in [-0.3, -0.25) is 4.98 Å². The van der Waals surface area contributed by atoms with Crippen molar-refractivity contribution in [2.45, 2.75) is 52.0 Å². The first kappa shape index (κ1) is 15.0. The summed E-state index contributed by atoms with van der Waals surface area (Å²) in [6, 6.07) is 4.77. The summed E-state index contributed by atoms with van der Waals surface area (Å²) in [7, 11) is 2.09. The third-order valence-electron chi connectivity index (χ3n) is 4.54. The van der Waals surface area contributed by atoms with Crippen LogP contribution < -0.4 is 5.32 Å². The first-order valence-corrected chi connectivity index (χ1v) is 8.07. The van der Waals surface area contributed by atoms with Crippen molar-refractivity contribution in [3.8, 4) is 0 Å². The van der Waals surface area contributed by atoms with Crippen molar-refractivity contribution < 1.29 is 0 Å². The Morgan fingerprint density at radius 3 is 2.58 bits per heavy atom. The Hall–Kier alpha value is -0.410. The highest BCUT2D eigenvalue weighted by atomic mass is 79.9. The second-order valence-electron chi connectivity index (χ2n) is 6.57. The summed E-state index contributed by atoms with van der Waals surface area (Å²) in [4.78, 5) is 4.50. The zero-order valence-electron chi connectivity index (χ0n) is 12.2. The molecule has 2 nitrogen and oxygen atoms in total. The van der Waals surface area contributed by atoms with Crippen LogP contribution in [-0.4, -0.2) is 18.1 Å². The number of hydrogen-bond acceptors (Lipinski definition) is 2. The molecule has 0 spiro atoms. The highest BCUT2D eigenvalue weighted by molar-refractivity contribution is 9.10. The highest BCUT2D eigenvalue weighted by Gasteiger charge is 2.30. The fraction of sp³-hybridized carbons (Fsp3) is 0.688. The fourth-order valence-corrected chi connectivity index (χ4v) is 3.32. The quantitative estimate of drug-likeness (QED) is 0.898. The summed E-state index contributed by atoms with van der Waals surface area (Å²) in [6.45, 7) is 4.79. The van der Waals surface area contributed by atoms with Crippen molar-refractivity contribution in [3.05, 3.63) is 28.5 Å². The van der Waals surface area contributed by atoms with Gasteiger partial charge in [0.2, 0.25) is 0 Å². The fourth-order valence-electron chi connectivity index (χ4n) is 3.08. The van der Waals surface area contributed by atoms with E-state index in [2.05, 4.69) is 59.3 Å². The summed E-state index contributed by atoms with van der Waals surface area (Å²) >= 11 is 3.44. The Balaban J connectivity index is 1.95. The molecule has 1 saturated carbocycles. The maximum Gasteiger partial charge on any atom is 0.0420 e. The van der Waals surface area contributed by atoms with Crippen LogP contribution in [0.25, 0.3) is 0 Å². The van der Waals surface area contributed by atoms with Crippen LogP contribution in [0.5, 0.6) is 0 Å². The van der Waals surface area contributed by atoms with Gasteiger partial charge in [0.1, 0.15) is 0 Å².